The van der Waals surface area contributed by atoms with Gasteiger partial charge in [-0.05, 0) is 24.4 Å². The van der Waals surface area contributed by atoms with E-state index in [4.69, 9.17) is 22.1 Å². The van der Waals surface area contributed by atoms with Crippen molar-refractivity contribution in [3.05, 3.63) is 22.4 Å². The zero-order valence-corrected chi connectivity index (χ0v) is 13.5. The summed E-state index contributed by atoms with van der Waals surface area (Å²) in [6.07, 6.45) is -4.74. The number of ether oxygens (including phenoxy) is 1. The average molecular weight is 373 g/mol. The summed E-state index contributed by atoms with van der Waals surface area (Å²) in [5.41, 5.74) is 2.15. The summed E-state index contributed by atoms with van der Waals surface area (Å²) in [4.78, 5) is 17.9. The average Bonchev–Trinajstić information content (AvgIpc) is 2.96. The fourth-order valence-corrected chi connectivity index (χ4v) is 3.05. The molecule has 0 bridgehead atoms. The molecule has 1 unspecified atom stereocenters. The van der Waals surface area contributed by atoms with Crippen LogP contribution >= 0.6 is 11.6 Å². The van der Waals surface area contributed by atoms with Crippen LogP contribution < -0.4 is 11.3 Å². The van der Waals surface area contributed by atoms with Gasteiger partial charge in [-0.25, -0.2) is 4.39 Å². The number of nitrogens with zero attached hydrogens (tertiary/aromatic N) is 2. The zero-order chi connectivity index (χ0) is 18.5. The summed E-state index contributed by atoms with van der Waals surface area (Å²) in [6.45, 7) is 1.33. The number of hydrogen-bond donors (Lipinski definition) is 5. The van der Waals surface area contributed by atoms with Crippen LogP contribution in [0.25, 0.3) is 11.0 Å². The van der Waals surface area contributed by atoms with Crippen LogP contribution in [0.3, 0.4) is 0 Å². The largest absolute Gasteiger partial charge is 0.391 e. The van der Waals surface area contributed by atoms with Gasteiger partial charge in [0, 0.05) is 11.6 Å². The highest BCUT2D eigenvalue weighted by molar-refractivity contribution is 6.30. The van der Waals surface area contributed by atoms with E-state index in [9.17, 15) is 24.5 Å². The van der Waals surface area contributed by atoms with Gasteiger partial charge in [0.15, 0.2) is 17.7 Å². The molecule has 1 saturated heterocycles. The van der Waals surface area contributed by atoms with Crippen molar-refractivity contribution < 1.29 is 24.4 Å². The van der Waals surface area contributed by atoms with Gasteiger partial charge >= 0.3 is 0 Å². The Hall–Kier alpha value is -2.16. The smallest absolute Gasteiger partial charge is 0.264 e. The molecule has 25 heavy (non-hydrogen) atoms. The molecule has 5 atom stereocenters. The monoisotopic (exact) mass is 372 g/mol. The summed E-state index contributed by atoms with van der Waals surface area (Å²) in [7, 11) is 0. The third-order valence-electron chi connectivity index (χ3n) is 4.05. The molecule has 1 aliphatic heterocycles. The minimum Gasteiger partial charge on any atom is -0.391 e. The fourth-order valence-electron chi connectivity index (χ4n) is 2.90. The van der Waals surface area contributed by atoms with Crippen molar-refractivity contribution in [1.29, 1.82) is 0 Å². The molecule has 11 heteroatoms. The molecule has 134 valence electrons. The van der Waals surface area contributed by atoms with Gasteiger partial charge in [-0.3, -0.25) is 14.3 Å². The Morgan fingerprint density at radius 1 is 1.64 bits per heavy atom. The van der Waals surface area contributed by atoms with Gasteiger partial charge in [-0.15, -0.1) is 0 Å². The molecule has 1 aliphatic rings. The van der Waals surface area contributed by atoms with Gasteiger partial charge in [-0.1, -0.05) is 0 Å². The van der Waals surface area contributed by atoms with E-state index >= 15 is 0 Å². The van der Waals surface area contributed by atoms with Crippen LogP contribution in [0.15, 0.2) is 11.0 Å². The van der Waals surface area contributed by atoms with Crippen molar-refractivity contribution in [2.45, 2.75) is 37.1 Å². The molecule has 0 spiro atoms. The van der Waals surface area contributed by atoms with E-state index in [1.54, 1.807) is 0 Å². The molecule has 9 nitrogen and oxygen atoms in total. The first-order valence-corrected chi connectivity index (χ1v) is 7.51. The molecule has 6 N–H and O–H groups in total. The summed E-state index contributed by atoms with van der Waals surface area (Å²) in [6, 6.07) is 0. The number of anilines is 1. The molecule has 2 aromatic heterocycles. The third kappa shape index (κ3) is 2.57. The third-order valence-corrected chi connectivity index (χ3v) is 4.15. The lowest BCUT2D eigenvalue weighted by Crippen LogP contribution is -2.47. The molecular weight excluding hydrogens is 359 g/mol. The van der Waals surface area contributed by atoms with E-state index in [1.807, 2.05) is 5.38 Å². The highest BCUT2D eigenvalue weighted by atomic mass is 35.5. The fraction of sp³-hybridized carbons (Fsp3) is 0.429. The molecule has 0 saturated carbocycles. The molecule has 3 heterocycles. The SMILES string of the molecule is C[C@H](O)[C@H]1O[C@@H](n2cc(F)c3c(=O)[nH]c(N)nc32)C(O)(C#CCl)[C@H]1O. The lowest BCUT2D eigenvalue weighted by atomic mass is 9.93. The summed E-state index contributed by atoms with van der Waals surface area (Å²) < 4.78 is 20.7. The Labute approximate surface area is 144 Å². The van der Waals surface area contributed by atoms with Gasteiger partial charge in [0.05, 0.1) is 6.10 Å². The van der Waals surface area contributed by atoms with E-state index in [-0.39, 0.29) is 11.6 Å². The van der Waals surface area contributed by atoms with Crippen LogP contribution in [0.5, 0.6) is 0 Å². The quantitative estimate of drug-likeness (QED) is 0.425. The molecule has 1 fully saturated rings. The molecular formula is C14H14ClFN4O5. The zero-order valence-electron chi connectivity index (χ0n) is 12.8. The van der Waals surface area contributed by atoms with Gasteiger partial charge in [0.1, 0.15) is 17.6 Å². The predicted molar refractivity (Wildman–Crippen MR) is 84.9 cm³/mol. The van der Waals surface area contributed by atoms with Crippen molar-refractivity contribution in [3.8, 4) is 11.3 Å². The number of aliphatic hydroxyl groups excluding tert-OH is 2. The van der Waals surface area contributed by atoms with Crippen molar-refractivity contribution in [1.82, 2.24) is 14.5 Å². The lowest BCUT2D eigenvalue weighted by molar-refractivity contribution is -0.0846. The number of hydrogen-bond acceptors (Lipinski definition) is 7. The van der Waals surface area contributed by atoms with Crippen LogP contribution in [0.1, 0.15) is 13.2 Å². The van der Waals surface area contributed by atoms with Gasteiger partial charge in [-0.2, -0.15) is 4.98 Å². The van der Waals surface area contributed by atoms with Crippen LogP contribution in [-0.4, -0.2) is 53.8 Å². The standard InChI is InChI=1S/C14H14ClFN4O5/c1-5(21)8-9(22)14(24,2-3-15)12(25-8)20-4-6(16)7-10(20)18-13(17)19-11(7)23/h4-5,8-9,12,21-22,24H,1H3,(H3,17,18,19,23)/t5-,8+,9-,12+,14?/m0/s1. The Bertz CT molecular complexity index is 948. The highest BCUT2D eigenvalue weighted by Gasteiger charge is 2.57. The molecule has 3 rings (SSSR count). The maximum absolute atomic E-state index is 14.2. The number of nitrogen functional groups attached to an aromatic ring is 1. The lowest BCUT2D eigenvalue weighted by Gasteiger charge is -2.26. The number of aromatic nitrogens is 3. The van der Waals surface area contributed by atoms with Crippen molar-refractivity contribution in [3.63, 3.8) is 0 Å². The van der Waals surface area contributed by atoms with Crippen LogP contribution in [-0.2, 0) is 4.74 Å². The molecule has 0 aromatic carbocycles. The van der Waals surface area contributed by atoms with E-state index in [0.717, 1.165) is 10.8 Å². The second kappa shape index (κ2) is 5.98. The number of H-pyrrole nitrogens is 1. The highest BCUT2D eigenvalue weighted by Crippen LogP contribution is 2.41. The maximum Gasteiger partial charge on any atom is 0.264 e. The Kier molecular flexibility index (Phi) is 4.22. The van der Waals surface area contributed by atoms with E-state index in [1.165, 1.54) is 6.92 Å². The number of nitrogens with one attached hydrogen (secondary N) is 1. The topological polar surface area (TPSA) is 147 Å². The van der Waals surface area contributed by atoms with E-state index < -0.39 is 46.9 Å². The first-order chi connectivity index (χ1) is 11.7. The minimum atomic E-state index is -2.29. The van der Waals surface area contributed by atoms with Crippen LogP contribution in [0.2, 0.25) is 0 Å². The summed E-state index contributed by atoms with van der Waals surface area (Å²) >= 11 is 5.37. The van der Waals surface area contributed by atoms with Gasteiger partial charge < -0.3 is 25.8 Å². The number of aliphatic hydroxyl groups is 3. The number of nitrogens with two attached hydrogens (primary N) is 1. The second-order valence-electron chi connectivity index (χ2n) is 5.72. The van der Waals surface area contributed by atoms with Crippen molar-refractivity contribution >= 4 is 28.6 Å². The Balaban J connectivity index is 2.25. The predicted octanol–water partition coefficient (Wildman–Crippen LogP) is -0.984. The summed E-state index contributed by atoms with van der Waals surface area (Å²) in [5.74, 6) is 0.980. The molecule has 2 aromatic rings. The molecule has 0 amide bonds. The van der Waals surface area contributed by atoms with Crippen LogP contribution in [0, 0.1) is 17.1 Å². The maximum atomic E-state index is 14.2. The van der Waals surface area contributed by atoms with Crippen LogP contribution in [0.4, 0.5) is 10.3 Å². The van der Waals surface area contributed by atoms with Crippen molar-refractivity contribution in [2.24, 2.45) is 0 Å². The second-order valence-corrected chi connectivity index (χ2v) is 5.91. The normalized spacial score (nSPS) is 30.2. The van der Waals surface area contributed by atoms with Gasteiger partial charge in [0.25, 0.3) is 5.56 Å². The van der Waals surface area contributed by atoms with E-state index in [2.05, 4.69) is 15.9 Å². The molecule has 0 aliphatic carbocycles. The first kappa shape index (κ1) is 17.7. The van der Waals surface area contributed by atoms with E-state index in [0.29, 0.717) is 0 Å². The Morgan fingerprint density at radius 2 is 2.32 bits per heavy atom. The Morgan fingerprint density at radius 3 is 2.92 bits per heavy atom. The first-order valence-electron chi connectivity index (χ1n) is 7.13. The number of halogens is 2. The van der Waals surface area contributed by atoms with Crippen molar-refractivity contribution in [2.75, 3.05) is 5.73 Å². The minimum absolute atomic E-state index is 0.225. The number of rotatable bonds is 2. The summed E-state index contributed by atoms with van der Waals surface area (Å²) in [5, 5.41) is 32.4. The number of aromatic amines is 1. The molecule has 0 radical (unpaired) electrons. The van der Waals surface area contributed by atoms with Gasteiger partial charge in [0.2, 0.25) is 11.5 Å². The number of fused-ring (bicyclic) bond motifs is 1.